The predicted octanol–water partition coefficient (Wildman–Crippen LogP) is 2.63. The van der Waals surface area contributed by atoms with Crippen LogP contribution in [0.1, 0.15) is 45.2 Å². The van der Waals surface area contributed by atoms with Crippen molar-refractivity contribution >= 4 is 28.1 Å². The topological polar surface area (TPSA) is 91.3 Å². The number of fused-ring (bicyclic) bond motifs is 3. The summed E-state index contributed by atoms with van der Waals surface area (Å²) in [6.07, 6.45) is 1.95. The van der Waals surface area contributed by atoms with Crippen LogP contribution in [0.25, 0.3) is 16.6 Å². The van der Waals surface area contributed by atoms with Gasteiger partial charge in [-0.05, 0) is 38.1 Å². The van der Waals surface area contributed by atoms with Crippen LogP contribution in [-0.2, 0) is 4.79 Å². The number of nitrogens with one attached hydrogen (secondary N) is 3. The molecule has 7 nitrogen and oxygen atoms in total. The number of amides is 1. The number of rotatable bonds is 2. The first-order valence-electron chi connectivity index (χ1n) is 9.41. The molecule has 3 aromatic rings. The van der Waals surface area contributed by atoms with E-state index in [0.29, 0.717) is 11.3 Å². The lowest BCUT2D eigenvalue weighted by molar-refractivity contribution is -0.123. The summed E-state index contributed by atoms with van der Waals surface area (Å²) in [6, 6.07) is 7.28. The van der Waals surface area contributed by atoms with Crippen molar-refractivity contribution in [1.29, 1.82) is 0 Å². The maximum absolute atomic E-state index is 12.5. The summed E-state index contributed by atoms with van der Waals surface area (Å²) < 4.78 is 1.84. The average Bonchev–Trinajstić information content (AvgIpc) is 3.00. The van der Waals surface area contributed by atoms with E-state index in [4.69, 9.17) is 5.10 Å². The average molecular weight is 367 g/mol. The van der Waals surface area contributed by atoms with Crippen molar-refractivity contribution < 1.29 is 4.79 Å². The monoisotopic (exact) mass is 367 g/mol. The Kier molecular flexibility index (Phi) is 4.26. The molecule has 3 N–H and O–H groups in total. The second-order valence-corrected chi connectivity index (χ2v) is 8.25. The third-order valence-corrected chi connectivity index (χ3v) is 5.15. The normalized spacial score (nSPS) is 16.1. The summed E-state index contributed by atoms with van der Waals surface area (Å²) in [6.45, 7) is 7.49. The number of hydrogen-bond acceptors (Lipinski definition) is 4. The van der Waals surface area contributed by atoms with Crippen molar-refractivity contribution in [3.05, 3.63) is 40.3 Å². The van der Waals surface area contributed by atoms with Crippen molar-refractivity contribution in [3.63, 3.8) is 0 Å². The van der Waals surface area contributed by atoms with Crippen LogP contribution in [0.4, 0.5) is 5.69 Å². The zero-order valence-corrected chi connectivity index (χ0v) is 15.9. The largest absolute Gasteiger partial charge is 0.325 e. The van der Waals surface area contributed by atoms with Crippen molar-refractivity contribution in [2.24, 2.45) is 5.41 Å². The molecule has 7 heteroatoms. The van der Waals surface area contributed by atoms with Crippen LogP contribution in [0.5, 0.6) is 0 Å². The molecule has 2 aromatic heterocycles. The van der Waals surface area contributed by atoms with E-state index >= 15 is 0 Å². The molecule has 0 aliphatic carbocycles. The SMILES string of the molecule is CC(C)(C)C(=O)Nc1cccc2nn3c(C4CCNCC4)cc(=O)[nH]c3c12. The third kappa shape index (κ3) is 3.23. The van der Waals surface area contributed by atoms with Gasteiger partial charge in [-0.1, -0.05) is 26.8 Å². The van der Waals surface area contributed by atoms with Gasteiger partial charge >= 0.3 is 0 Å². The van der Waals surface area contributed by atoms with Gasteiger partial charge in [-0.2, -0.15) is 5.10 Å². The second-order valence-electron chi connectivity index (χ2n) is 8.25. The van der Waals surface area contributed by atoms with E-state index in [9.17, 15) is 9.59 Å². The summed E-state index contributed by atoms with van der Waals surface area (Å²) in [7, 11) is 0. The molecule has 1 aliphatic rings. The van der Waals surface area contributed by atoms with Crippen molar-refractivity contribution in [3.8, 4) is 0 Å². The first kappa shape index (κ1) is 17.7. The number of aromatic nitrogens is 3. The Morgan fingerprint density at radius 3 is 2.70 bits per heavy atom. The fourth-order valence-electron chi connectivity index (χ4n) is 3.61. The highest BCUT2D eigenvalue weighted by molar-refractivity contribution is 6.08. The van der Waals surface area contributed by atoms with Crippen molar-refractivity contribution in [1.82, 2.24) is 19.9 Å². The lowest BCUT2D eigenvalue weighted by Gasteiger charge is -2.23. The Hall–Kier alpha value is -2.67. The maximum atomic E-state index is 12.5. The van der Waals surface area contributed by atoms with Gasteiger partial charge in [-0.3, -0.25) is 9.59 Å². The molecule has 1 amide bonds. The Bertz CT molecular complexity index is 1070. The Labute approximate surface area is 157 Å². The number of piperidine rings is 1. The van der Waals surface area contributed by atoms with Gasteiger partial charge in [0.15, 0.2) is 0 Å². The molecule has 0 spiro atoms. The highest BCUT2D eigenvalue weighted by atomic mass is 16.2. The second kappa shape index (κ2) is 6.49. The number of carbonyl (C=O) groups excluding carboxylic acids is 1. The lowest BCUT2D eigenvalue weighted by Crippen LogP contribution is -2.28. The van der Waals surface area contributed by atoms with Crippen LogP contribution in [-0.4, -0.2) is 33.6 Å². The summed E-state index contributed by atoms with van der Waals surface area (Å²) >= 11 is 0. The van der Waals surface area contributed by atoms with Crippen LogP contribution in [0.2, 0.25) is 0 Å². The summed E-state index contributed by atoms with van der Waals surface area (Å²) in [5.74, 6) is 0.212. The highest BCUT2D eigenvalue weighted by Gasteiger charge is 2.24. The molecule has 0 unspecified atom stereocenters. The van der Waals surface area contributed by atoms with Gasteiger partial charge in [0.05, 0.1) is 22.3 Å². The first-order valence-corrected chi connectivity index (χ1v) is 9.41. The van der Waals surface area contributed by atoms with Crippen molar-refractivity contribution in [2.45, 2.75) is 39.5 Å². The minimum absolute atomic E-state index is 0.0776. The standard InChI is InChI=1S/C20H25N5O2/c1-20(2,3)19(27)22-13-5-4-6-14-17(13)18-23-16(26)11-15(25(18)24-14)12-7-9-21-10-8-12/h4-6,11-12,21H,7-10H2,1-3H3,(H,22,27)(H,23,26). The Morgan fingerprint density at radius 1 is 1.26 bits per heavy atom. The zero-order valence-electron chi connectivity index (χ0n) is 15.9. The third-order valence-electron chi connectivity index (χ3n) is 5.15. The highest BCUT2D eigenvalue weighted by Crippen LogP contribution is 2.31. The number of anilines is 1. The maximum Gasteiger partial charge on any atom is 0.251 e. The van der Waals surface area contributed by atoms with Crippen LogP contribution < -0.4 is 16.2 Å². The molecule has 0 radical (unpaired) electrons. The van der Waals surface area contributed by atoms with E-state index in [1.807, 2.05) is 43.5 Å². The molecule has 0 atom stereocenters. The van der Waals surface area contributed by atoms with E-state index < -0.39 is 5.41 Å². The fraction of sp³-hybridized carbons (Fsp3) is 0.450. The fourth-order valence-corrected chi connectivity index (χ4v) is 3.61. The molecule has 4 rings (SSSR count). The van der Waals surface area contributed by atoms with Crippen LogP contribution in [0.3, 0.4) is 0 Å². The lowest BCUT2D eigenvalue weighted by atomic mass is 9.94. The van der Waals surface area contributed by atoms with Gasteiger partial charge in [0.1, 0.15) is 5.65 Å². The van der Waals surface area contributed by atoms with Gasteiger partial charge in [-0.25, -0.2) is 4.52 Å². The van der Waals surface area contributed by atoms with Crippen LogP contribution in [0, 0.1) is 5.41 Å². The number of carbonyl (C=O) groups is 1. The molecule has 1 aromatic carbocycles. The summed E-state index contributed by atoms with van der Waals surface area (Å²) in [5.41, 5.74) is 2.32. The van der Waals surface area contributed by atoms with E-state index in [1.165, 1.54) is 0 Å². The number of H-pyrrole nitrogens is 1. The van der Waals surface area contributed by atoms with Gasteiger partial charge < -0.3 is 15.6 Å². The van der Waals surface area contributed by atoms with Crippen molar-refractivity contribution in [2.75, 3.05) is 18.4 Å². The zero-order chi connectivity index (χ0) is 19.2. The smallest absolute Gasteiger partial charge is 0.251 e. The number of nitrogens with zero attached hydrogens (tertiary/aromatic N) is 2. The Balaban J connectivity index is 1.91. The van der Waals surface area contributed by atoms with Gasteiger partial charge in [0.2, 0.25) is 5.91 Å². The van der Waals surface area contributed by atoms with E-state index in [-0.39, 0.29) is 17.4 Å². The molecule has 1 aliphatic heterocycles. The molecule has 0 saturated carbocycles. The van der Waals surface area contributed by atoms with E-state index in [2.05, 4.69) is 15.6 Å². The van der Waals surface area contributed by atoms with Gasteiger partial charge in [0, 0.05) is 17.4 Å². The molecule has 27 heavy (non-hydrogen) atoms. The van der Waals surface area contributed by atoms with E-state index in [0.717, 1.165) is 42.5 Å². The van der Waals surface area contributed by atoms with E-state index in [1.54, 1.807) is 6.07 Å². The minimum atomic E-state index is -0.515. The molecule has 1 saturated heterocycles. The van der Waals surface area contributed by atoms with Gasteiger partial charge in [0.25, 0.3) is 5.56 Å². The summed E-state index contributed by atoms with van der Waals surface area (Å²) in [4.78, 5) is 27.8. The molecule has 0 bridgehead atoms. The summed E-state index contributed by atoms with van der Waals surface area (Å²) in [5, 5.41) is 11.9. The number of aromatic amines is 1. The molecule has 3 heterocycles. The first-order chi connectivity index (χ1) is 12.8. The Morgan fingerprint density at radius 2 is 2.00 bits per heavy atom. The molecular formula is C20H25N5O2. The molecule has 1 fully saturated rings. The quantitative estimate of drug-likeness (QED) is 0.649. The minimum Gasteiger partial charge on any atom is -0.325 e. The number of hydrogen-bond donors (Lipinski definition) is 3. The predicted molar refractivity (Wildman–Crippen MR) is 106 cm³/mol. The van der Waals surface area contributed by atoms with Gasteiger partial charge in [-0.15, -0.1) is 0 Å². The van der Waals surface area contributed by atoms with Crippen LogP contribution in [0.15, 0.2) is 29.1 Å². The molecular weight excluding hydrogens is 342 g/mol. The molecule has 142 valence electrons. The van der Waals surface area contributed by atoms with Crippen LogP contribution >= 0.6 is 0 Å². The number of benzene rings is 1.